The molecule has 1 nitrogen and oxygen atoms in total. The van der Waals surface area contributed by atoms with E-state index in [1.807, 2.05) is 11.8 Å². The van der Waals surface area contributed by atoms with Gasteiger partial charge in [-0.2, -0.15) is 11.8 Å². The van der Waals surface area contributed by atoms with Crippen molar-refractivity contribution in [2.24, 2.45) is 5.73 Å². The van der Waals surface area contributed by atoms with Crippen molar-refractivity contribution in [3.8, 4) is 0 Å². The summed E-state index contributed by atoms with van der Waals surface area (Å²) in [5, 5.41) is 0. The molecule has 1 aromatic rings. The summed E-state index contributed by atoms with van der Waals surface area (Å²) in [6, 6.07) is 7.09. The van der Waals surface area contributed by atoms with E-state index in [1.54, 1.807) is 0 Å². The Labute approximate surface area is 123 Å². The van der Waals surface area contributed by atoms with E-state index in [2.05, 4.69) is 59.7 Å². The lowest BCUT2D eigenvalue weighted by molar-refractivity contribution is 0.567. The van der Waals surface area contributed by atoms with Crippen molar-refractivity contribution in [1.82, 2.24) is 0 Å². The van der Waals surface area contributed by atoms with Gasteiger partial charge in [0.15, 0.2) is 0 Å². The summed E-state index contributed by atoms with van der Waals surface area (Å²) >= 11 is 1.92. The highest BCUT2D eigenvalue weighted by Crippen LogP contribution is 2.31. The average molecular weight is 279 g/mol. The van der Waals surface area contributed by atoms with E-state index in [0.717, 1.165) is 18.1 Å². The van der Waals surface area contributed by atoms with Crippen molar-refractivity contribution in [3.05, 3.63) is 34.9 Å². The standard InChI is InChI=1S/C17H29NS/c1-16(2,3)14-9-13(12-19-8-7-18)10-15(11-14)17(4,5)6/h9-11H,7-8,12,18H2,1-6H3. The Bertz CT molecular complexity index is 378. The molecule has 19 heavy (non-hydrogen) atoms. The van der Waals surface area contributed by atoms with Crippen LogP contribution in [0.2, 0.25) is 0 Å². The second kappa shape index (κ2) is 6.32. The fourth-order valence-corrected chi connectivity index (χ4v) is 2.63. The molecule has 0 fully saturated rings. The Balaban J connectivity index is 3.10. The van der Waals surface area contributed by atoms with E-state index < -0.39 is 0 Å². The molecule has 0 radical (unpaired) electrons. The van der Waals surface area contributed by atoms with Crippen LogP contribution in [0.1, 0.15) is 58.2 Å². The van der Waals surface area contributed by atoms with Crippen molar-refractivity contribution >= 4 is 11.8 Å². The van der Waals surface area contributed by atoms with Crippen LogP contribution in [-0.4, -0.2) is 12.3 Å². The maximum Gasteiger partial charge on any atom is 0.0185 e. The molecule has 1 rings (SSSR count). The summed E-state index contributed by atoms with van der Waals surface area (Å²) in [5.41, 5.74) is 10.3. The first-order valence-corrected chi connectivity index (χ1v) is 8.23. The van der Waals surface area contributed by atoms with Crippen LogP contribution >= 0.6 is 11.8 Å². The monoisotopic (exact) mass is 279 g/mol. The van der Waals surface area contributed by atoms with Gasteiger partial charge >= 0.3 is 0 Å². The SMILES string of the molecule is CC(C)(C)c1cc(CSCCN)cc(C(C)(C)C)c1. The van der Waals surface area contributed by atoms with Crippen LogP contribution in [0.15, 0.2) is 18.2 Å². The van der Waals surface area contributed by atoms with E-state index in [4.69, 9.17) is 5.73 Å². The minimum atomic E-state index is 0.203. The summed E-state index contributed by atoms with van der Waals surface area (Å²) in [7, 11) is 0. The molecule has 108 valence electrons. The molecule has 0 aliphatic carbocycles. The quantitative estimate of drug-likeness (QED) is 0.823. The number of hydrogen-bond acceptors (Lipinski definition) is 2. The number of nitrogens with two attached hydrogens (primary N) is 1. The largest absolute Gasteiger partial charge is 0.330 e. The van der Waals surface area contributed by atoms with E-state index in [9.17, 15) is 0 Å². The molecule has 0 heterocycles. The second-order valence-electron chi connectivity index (χ2n) is 7.26. The molecular formula is C17H29NS. The highest BCUT2D eigenvalue weighted by atomic mass is 32.2. The van der Waals surface area contributed by atoms with Gasteiger partial charge in [0.05, 0.1) is 0 Å². The zero-order chi connectivity index (χ0) is 14.7. The molecular weight excluding hydrogens is 250 g/mol. The highest BCUT2D eigenvalue weighted by Gasteiger charge is 2.20. The van der Waals surface area contributed by atoms with Gasteiger partial charge in [0.25, 0.3) is 0 Å². The maximum atomic E-state index is 5.57. The van der Waals surface area contributed by atoms with E-state index >= 15 is 0 Å². The van der Waals surface area contributed by atoms with Crippen LogP contribution in [-0.2, 0) is 16.6 Å². The minimum Gasteiger partial charge on any atom is -0.330 e. The Morgan fingerprint density at radius 1 is 0.895 bits per heavy atom. The zero-order valence-electron chi connectivity index (χ0n) is 13.3. The number of hydrogen-bond donors (Lipinski definition) is 1. The molecule has 2 N–H and O–H groups in total. The lowest BCUT2D eigenvalue weighted by Crippen LogP contribution is -2.17. The van der Waals surface area contributed by atoms with Crippen LogP contribution < -0.4 is 5.73 Å². The Kier molecular flexibility index (Phi) is 5.52. The van der Waals surface area contributed by atoms with E-state index in [0.29, 0.717) is 0 Å². The Morgan fingerprint density at radius 2 is 1.37 bits per heavy atom. The molecule has 0 saturated heterocycles. The lowest BCUT2D eigenvalue weighted by Gasteiger charge is -2.26. The van der Waals surface area contributed by atoms with Crippen LogP contribution in [0.25, 0.3) is 0 Å². The summed E-state index contributed by atoms with van der Waals surface area (Å²) in [5.74, 6) is 2.09. The third-order valence-electron chi connectivity index (χ3n) is 3.26. The first-order valence-electron chi connectivity index (χ1n) is 7.07. The van der Waals surface area contributed by atoms with Gasteiger partial charge in [-0.15, -0.1) is 0 Å². The Hall–Kier alpha value is -0.470. The molecule has 0 bridgehead atoms. The van der Waals surface area contributed by atoms with Crippen LogP contribution in [0.3, 0.4) is 0 Å². The molecule has 0 aromatic heterocycles. The molecule has 0 unspecified atom stereocenters. The van der Waals surface area contributed by atoms with Crippen LogP contribution in [0.4, 0.5) is 0 Å². The first-order chi connectivity index (χ1) is 8.64. The zero-order valence-corrected chi connectivity index (χ0v) is 14.2. The normalized spacial score (nSPS) is 12.8. The minimum absolute atomic E-state index is 0.203. The van der Waals surface area contributed by atoms with Gasteiger partial charge in [-0.25, -0.2) is 0 Å². The average Bonchev–Trinajstić information content (AvgIpc) is 2.27. The van der Waals surface area contributed by atoms with Crippen molar-refractivity contribution in [3.63, 3.8) is 0 Å². The van der Waals surface area contributed by atoms with Crippen molar-refractivity contribution < 1.29 is 0 Å². The number of benzene rings is 1. The number of thioether (sulfide) groups is 1. The third-order valence-corrected chi connectivity index (χ3v) is 4.32. The highest BCUT2D eigenvalue weighted by molar-refractivity contribution is 7.98. The van der Waals surface area contributed by atoms with E-state index in [-0.39, 0.29) is 10.8 Å². The first kappa shape index (κ1) is 16.6. The maximum absolute atomic E-state index is 5.57. The predicted molar refractivity (Wildman–Crippen MR) is 89.1 cm³/mol. The van der Waals surface area contributed by atoms with Crippen LogP contribution in [0.5, 0.6) is 0 Å². The van der Waals surface area contributed by atoms with Gasteiger partial charge < -0.3 is 5.73 Å². The fourth-order valence-electron chi connectivity index (χ4n) is 1.91. The molecule has 0 aliphatic heterocycles. The van der Waals surface area contributed by atoms with Gasteiger partial charge in [-0.05, 0) is 27.5 Å². The summed E-state index contributed by atoms with van der Waals surface area (Å²) < 4.78 is 0. The Morgan fingerprint density at radius 3 is 1.74 bits per heavy atom. The van der Waals surface area contributed by atoms with E-state index in [1.165, 1.54) is 16.7 Å². The molecule has 0 atom stereocenters. The molecule has 0 aliphatic rings. The van der Waals surface area contributed by atoms with Gasteiger partial charge in [0.2, 0.25) is 0 Å². The summed E-state index contributed by atoms with van der Waals surface area (Å²) in [4.78, 5) is 0. The third kappa shape index (κ3) is 5.19. The van der Waals surface area contributed by atoms with Crippen LogP contribution in [0, 0.1) is 0 Å². The van der Waals surface area contributed by atoms with Gasteiger partial charge in [-0.3, -0.25) is 0 Å². The molecule has 0 saturated carbocycles. The predicted octanol–water partition coefficient (Wildman–Crippen LogP) is 4.47. The second-order valence-corrected chi connectivity index (χ2v) is 8.37. The smallest absolute Gasteiger partial charge is 0.0185 e. The van der Waals surface area contributed by atoms with Crippen molar-refractivity contribution in [2.45, 2.75) is 58.1 Å². The van der Waals surface area contributed by atoms with Crippen molar-refractivity contribution in [1.29, 1.82) is 0 Å². The molecule has 0 amide bonds. The molecule has 1 aromatic carbocycles. The topological polar surface area (TPSA) is 26.0 Å². The van der Waals surface area contributed by atoms with Gasteiger partial charge in [0, 0.05) is 18.1 Å². The molecule has 0 spiro atoms. The van der Waals surface area contributed by atoms with Gasteiger partial charge in [-0.1, -0.05) is 59.7 Å². The van der Waals surface area contributed by atoms with Gasteiger partial charge in [0.1, 0.15) is 0 Å². The fraction of sp³-hybridized carbons (Fsp3) is 0.647. The number of rotatable bonds is 4. The molecule has 2 heteroatoms. The van der Waals surface area contributed by atoms with Crippen molar-refractivity contribution in [2.75, 3.05) is 12.3 Å². The summed E-state index contributed by atoms with van der Waals surface area (Å²) in [6.45, 7) is 14.5. The summed E-state index contributed by atoms with van der Waals surface area (Å²) in [6.07, 6.45) is 0. The lowest BCUT2D eigenvalue weighted by atomic mass is 9.80.